The Hall–Kier alpha value is 2.37. The summed E-state index contributed by atoms with van der Waals surface area (Å²) < 4.78 is 0. The zero-order valence-corrected chi connectivity index (χ0v) is 7.93. The van der Waals surface area contributed by atoms with Gasteiger partial charge >= 0.3 is 71.5 Å². The molecule has 0 aromatic rings. The van der Waals surface area contributed by atoms with Gasteiger partial charge in [0.05, 0.1) is 0 Å². The quantitative estimate of drug-likeness (QED) is 0.435. The summed E-state index contributed by atoms with van der Waals surface area (Å²) in [7, 11) is 4.17. The second-order valence-electron chi connectivity index (χ2n) is 0. The molecule has 0 aliphatic heterocycles. The average molecular weight is 361 g/mol. The van der Waals surface area contributed by atoms with Gasteiger partial charge in [0, 0.05) is 0 Å². The van der Waals surface area contributed by atoms with Crippen LogP contribution in [0.2, 0.25) is 0 Å². The van der Waals surface area contributed by atoms with Crippen LogP contribution in [-0.4, -0.2) is 62.3 Å². The third-order valence-electron chi connectivity index (χ3n) is 0. The fraction of sp³-hybridized carbons (Fsp3) is 0. The van der Waals surface area contributed by atoms with Crippen molar-refractivity contribution in [3.05, 3.63) is 0 Å². The Kier molecular flexibility index (Phi) is 73.8. The number of hydrogen-bond donors (Lipinski definition) is 0. The van der Waals surface area contributed by atoms with E-state index in [9.17, 15) is 0 Å². The molecule has 0 N–H and O–H groups in total. The first-order valence-electron chi connectivity index (χ1n) is 0.204. The van der Waals surface area contributed by atoms with Crippen molar-refractivity contribution in [2.45, 2.75) is 0 Å². The van der Waals surface area contributed by atoms with E-state index in [1.165, 1.54) is 0 Å². The van der Waals surface area contributed by atoms with E-state index in [1.54, 1.807) is 0 Å². The molecule has 4 heteroatoms. The van der Waals surface area contributed by atoms with Crippen molar-refractivity contribution in [2.24, 2.45) is 0 Å². The second-order valence-corrected chi connectivity index (χ2v) is 0. The second kappa shape index (κ2) is 18.3. The molecular weight excluding hydrogens is 354 g/mol. The van der Waals surface area contributed by atoms with Crippen LogP contribution in [0.15, 0.2) is 0 Å². The topological polar surface area (TPSA) is 0 Å². The van der Waals surface area contributed by atoms with E-state index >= 15 is 0 Å². The molecule has 0 aromatic carbocycles. The molecule has 0 rings (SSSR count). The van der Waals surface area contributed by atoms with E-state index in [2.05, 4.69) is 9.19 Å². The van der Waals surface area contributed by atoms with Crippen molar-refractivity contribution >= 4 is 71.5 Å². The van der Waals surface area contributed by atoms with E-state index in [4.69, 9.17) is 0 Å². The van der Waals surface area contributed by atoms with Gasteiger partial charge in [-0.05, 0) is 0 Å². The van der Waals surface area contributed by atoms with Crippen molar-refractivity contribution in [1.29, 1.82) is 0 Å². The number of hydrogen-bond acceptors (Lipinski definition) is 1. The minimum atomic E-state index is 0. The van der Waals surface area contributed by atoms with Crippen LogP contribution in [0.3, 0.4) is 0 Å². The molecular formula is H7GeSSbTe. The fourth-order valence-electron chi connectivity index (χ4n) is 0. The normalized spacial score (nSPS) is 1.00. The van der Waals surface area contributed by atoms with Crippen molar-refractivity contribution in [1.82, 2.24) is 0 Å². The Morgan fingerprint density at radius 3 is 1.25 bits per heavy atom. The summed E-state index contributed by atoms with van der Waals surface area (Å²) in [5.41, 5.74) is 0. The first kappa shape index (κ1) is 16.2. The van der Waals surface area contributed by atoms with E-state index in [0.29, 0.717) is 0 Å². The fourth-order valence-corrected chi connectivity index (χ4v) is 0. The molecule has 0 aliphatic rings. The average Bonchev–Trinajstić information content (AvgIpc) is 1.00. The Morgan fingerprint density at radius 1 is 1.25 bits per heavy atom. The molecule has 0 heterocycles. The van der Waals surface area contributed by atoms with Crippen LogP contribution in [0, 0.1) is 0 Å². The van der Waals surface area contributed by atoms with Gasteiger partial charge in [-0.15, -0.1) is 0 Å². The molecule has 0 amide bonds. The van der Waals surface area contributed by atoms with E-state index in [1.807, 2.05) is 0 Å². The summed E-state index contributed by atoms with van der Waals surface area (Å²) in [5.74, 6) is 0. The molecule has 0 nitrogen and oxygen atoms in total. The van der Waals surface area contributed by atoms with Crippen molar-refractivity contribution in [3.63, 3.8) is 0 Å². The minimum absolute atomic E-state index is 0. The summed E-state index contributed by atoms with van der Waals surface area (Å²) in [6, 6.07) is 0. The molecule has 0 saturated carbocycles. The summed E-state index contributed by atoms with van der Waals surface area (Å²) in [6.45, 7) is 0. The summed E-state index contributed by atoms with van der Waals surface area (Å²) in [4.78, 5) is 0. The molecule has 0 bridgehead atoms. The molecule has 0 atom stereocenters. The molecule has 28 valence electrons. The first-order chi connectivity index (χ1) is 1.00. The van der Waals surface area contributed by atoms with Crippen molar-refractivity contribution < 1.29 is 0 Å². The molecule has 0 aliphatic carbocycles. The molecule has 0 unspecified atom stereocenters. The first-order valence-corrected chi connectivity index (χ1v) is 4.11. The Labute approximate surface area is 70.4 Å². The molecule has 0 aromatic heterocycles. The van der Waals surface area contributed by atoms with Gasteiger partial charge in [0.2, 0.25) is 0 Å². The van der Waals surface area contributed by atoms with Crippen LogP contribution in [0.1, 0.15) is 0 Å². The summed E-state index contributed by atoms with van der Waals surface area (Å²) in [5, 5.41) is 0. The SMILES string of the molecule is [GeH4].[S]=[SbH].[TeH2]. The zero-order chi connectivity index (χ0) is 2.00. The molecule has 0 radical (unpaired) electrons. The number of rotatable bonds is 0. The van der Waals surface area contributed by atoms with Crippen LogP contribution in [0.25, 0.3) is 0 Å². The maximum atomic E-state index is 4.17. The Morgan fingerprint density at radius 2 is 1.25 bits per heavy atom. The van der Waals surface area contributed by atoms with Gasteiger partial charge in [0.1, 0.15) is 0 Å². The summed E-state index contributed by atoms with van der Waals surface area (Å²) >= 11 is 1.13. The van der Waals surface area contributed by atoms with Gasteiger partial charge in [-0.25, -0.2) is 0 Å². The van der Waals surface area contributed by atoms with Crippen molar-refractivity contribution in [2.75, 3.05) is 0 Å². The zero-order valence-electron chi connectivity index (χ0n) is 1.41. The van der Waals surface area contributed by atoms with Gasteiger partial charge < -0.3 is 0 Å². The van der Waals surface area contributed by atoms with E-state index in [-0.39, 0.29) is 41.3 Å². The maximum absolute atomic E-state index is 4.17. The van der Waals surface area contributed by atoms with Gasteiger partial charge in [-0.2, -0.15) is 0 Å². The predicted octanol–water partition coefficient (Wildman–Crippen LogP) is -2.37. The Balaban J connectivity index is -0.00000000500. The summed E-state index contributed by atoms with van der Waals surface area (Å²) in [6.07, 6.45) is 0. The Bertz CT molecular complexity index is 8.00. The van der Waals surface area contributed by atoms with Crippen LogP contribution < -0.4 is 0 Å². The van der Waals surface area contributed by atoms with Crippen LogP contribution in [-0.2, 0) is 0 Å². The third-order valence-corrected chi connectivity index (χ3v) is 0. The van der Waals surface area contributed by atoms with Gasteiger partial charge in [-0.3, -0.25) is 0 Å². The standard InChI is InChI=1S/GeH4.S.Sb.H2Te.H/h1H4;;;1H2;. The van der Waals surface area contributed by atoms with E-state index < -0.39 is 0 Å². The predicted molar refractivity (Wildman–Crippen MR) is 34.6 cm³/mol. The molecule has 0 saturated heterocycles. The van der Waals surface area contributed by atoms with Crippen molar-refractivity contribution in [3.8, 4) is 0 Å². The van der Waals surface area contributed by atoms with Crippen LogP contribution >= 0.6 is 9.19 Å². The monoisotopic (exact) mass is 364 g/mol. The third kappa shape index (κ3) is 8.84. The van der Waals surface area contributed by atoms with Gasteiger partial charge in [0.15, 0.2) is 0 Å². The van der Waals surface area contributed by atoms with E-state index in [0.717, 1.165) is 21.1 Å². The van der Waals surface area contributed by atoms with Gasteiger partial charge in [-0.1, -0.05) is 0 Å². The van der Waals surface area contributed by atoms with Crippen LogP contribution in [0.4, 0.5) is 0 Å². The van der Waals surface area contributed by atoms with Crippen LogP contribution in [0.5, 0.6) is 0 Å². The molecule has 4 heavy (non-hydrogen) atoms. The van der Waals surface area contributed by atoms with Gasteiger partial charge in [0.25, 0.3) is 0 Å². The molecule has 0 fully saturated rings. The molecule has 0 spiro atoms.